The second-order valence-electron chi connectivity index (χ2n) is 5.05. The summed E-state index contributed by atoms with van der Waals surface area (Å²) in [6.07, 6.45) is 2.98. The molecule has 2 aromatic carbocycles. The molecule has 0 bridgehead atoms. The Bertz CT molecular complexity index is 833. The van der Waals surface area contributed by atoms with Crippen molar-refractivity contribution in [1.82, 2.24) is 4.98 Å². The molecule has 0 aliphatic carbocycles. The van der Waals surface area contributed by atoms with Crippen molar-refractivity contribution in [3.63, 3.8) is 0 Å². The largest absolute Gasteiger partial charge is 0.465 e. The molecule has 1 heterocycles. The molecule has 3 aromatic rings. The SMILES string of the molecule is COC(=O)c1c[nH]cc1C(=O)c1ccc(-c2ccccc2)cc1. The van der Waals surface area contributed by atoms with Gasteiger partial charge in [-0.15, -0.1) is 0 Å². The van der Waals surface area contributed by atoms with Crippen LogP contribution in [-0.4, -0.2) is 23.8 Å². The number of ketones is 1. The van der Waals surface area contributed by atoms with Crippen molar-refractivity contribution in [2.75, 3.05) is 7.11 Å². The maximum Gasteiger partial charge on any atom is 0.340 e. The van der Waals surface area contributed by atoms with Gasteiger partial charge in [-0.3, -0.25) is 4.79 Å². The van der Waals surface area contributed by atoms with Gasteiger partial charge in [0, 0.05) is 18.0 Å². The Morgan fingerprint density at radius 2 is 1.43 bits per heavy atom. The normalized spacial score (nSPS) is 10.3. The smallest absolute Gasteiger partial charge is 0.340 e. The Kier molecular flexibility index (Phi) is 4.06. The first-order valence-corrected chi connectivity index (χ1v) is 7.16. The van der Waals surface area contributed by atoms with Gasteiger partial charge in [-0.25, -0.2) is 4.79 Å². The summed E-state index contributed by atoms with van der Waals surface area (Å²) in [4.78, 5) is 27.0. The van der Waals surface area contributed by atoms with Crippen LogP contribution in [0.15, 0.2) is 67.0 Å². The number of methoxy groups -OCH3 is 1. The number of hydrogen-bond acceptors (Lipinski definition) is 3. The fourth-order valence-corrected chi connectivity index (χ4v) is 2.43. The van der Waals surface area contributed by atoms with Crippen LogP contribution in [0.2, 0.25) is 0 Å². The molecule has 0 radical (unpaired) electrons. The van der Waals surface area contributed by atoms with Gasteiger partial charge in [0.1, 0.15) is 0 Å². The maximum absolute atomic E-state index is 12.6. The molecule has 0 saturated carbocycles. The number of carbonyl (C=O) groups is 2. The second kappa shape index (κ2) is 6.32. The summed E-state index contributed by atoms with van der Waals surface area (Å²) in [7, 11) is 1.29. The van der Waals surface area contributed by atoms with Gasteiger partial charge in [-0.05, 0) is 11.1 Å². The fourth-order valence-electron chi connectivity index (χ4n) is 2.43. The first-order chi connectivity index (χ1) is 11.2. The van der Waals surface area contributed by atoms with E-state index in [1.54, 1.807) is 12.1 Å². The van der Waals surface area contributed by atoms with E-state index in [0.717, 1.165) is 11.1 Å². The van der Waals surface area contributed by atoms with E-state index >= 15 is 0 Å². The number of carbonyl (C=O) groups excluding carboxylic acids is 2. The Labute approximate surface area is 133 Å². The van der Waals surface area contributed by atoms with Gasteiger partial charge in [0.25, 0.3) is 0 Å². The van der Waals surface area contributed by atoms with Crippen LogP contribution in [0.25, 0.3) is 11.1 Å². The fraction of sp³-hybridized carbons (Fsp3) is 0.0526. The second-order valence-corrected chi connectivity index (χ2v) is 5.05. The maximum atomic E-state index is 12.6. The Hall–Kier alpha value is -3.14. The third-order valence-electron chi connectivity index (χ3n) is 3.65. The Morgan fingerprint density at radius 1 is 0.826 bits per heavy atom. The molecule has 0 atom stereocenters. The van der Waals surface area contributed by atoms with Crippen LogP contribution in [0, 0.1) is 0 Å². The summed E-state index contributed by atoms with van der Waals surface area (Å²) in [6.45, 7) is 0. The number of hydrogen-bond donors (Lipinski definition) is 1. The van der Waals surface area contributed by atoms with E-state index in [0.29, 0.717) is 11.1 Å². The summed E-state index contributed by atoms with van der Waals surface area (Å²) >= 11 is 0. The van der Waals surface area contributed by atoms with E-state index in [-0.39, 0.29) is 11.3 Å². The minimum Gasteiger partial charge on any atom is -0.465 e. The summed E-state index contributed by atoms with van der Waals surface area (Å²) < 4.78 is 4.69. The van der Waals surface area contributed by atoms with Crippen LogP contribution in [-0.2, 0) is 4.74 Å². The standard InChI is InChI=1S/C19H15NO3/c1-23-19(22)17-12-20-11-16(17)18(21)15-9-7-14(8-10-15)13-5-3-2-4-6-13/h2-12,20H,1H3. The van der Waals surface area contributed by atoms with Crippen molar-refractivity contribution in [2.24, 2.45) is 0 Å². The Balaban J connectivity index is 1.90. The summed E-state index contributed by atoms with van der Waals surface area (Å²) in [5, 5.41) is 0. The van der Waals surface area contributed by atoms with Gasteiger partial charge in [0.05, 0.1) is 18.2 Å². The first-order valence-electron chi connectivity index (χ1n) is 7.16. The summed E-state index contributed by atoms with van der Waals surface area (Å²) in [6, 6.07) is 17.2. The lowest BCUT2D eigenvalue weighted by molar-refractivity contribution is 0.0598. The molecule has 23 heavy (non-hydrogen) atoms. The number of H-pyrrole nitrogens is 1. The lowest BCUT2D eigenvalue weighted by Gasteiger charge is -2.05. The number of nitrogens with one attached hydrogen (secondary N) is 1. The number of benzene rings is 2. The van der Waals surface area contributed by atoms with E-state index in [9.17, 15) is 9.59 Å². The van der Waals surface area contributed by atoms with Crippen molar-refractivity contribution in [2.45, 2.75) is 0 Å². The molecule has 114 valence electrons. The predicted molar refractivity (Wildman–Crippen MR) is 87.4 cm³/mol. The van der Waals surface area contributed by atoms with E-state index in [4.69, 9.17) is 0 Å². The molecule has 0 aliphatic rings. The highest BCUT2D eigenvalue weighted by Gasteiger charge is 2.19. The molecular weight excluding hydrogens is 290 g/mol. The predicted octanol–water partition coefficient (Wildman–Crippen LogP) is 3.70. The summed E-state index contributed by atoms with van der Waals surface area (Å²) in [5.41, 5.74) is 3.19. The number of rotatable bonds is 4. The molecule has 0 aliphatic heterocycles. The van der Waals surface area contributed by atoms with E-state index < -0.39 is 5.97 Å². The lowest BCUT2D eigenvalue weighted by Crippen LogP contribution is -2.08. The molecule has 0 saturated heterocycles. The molecule has 0 amide bonds. The zero-order valence-corrected chi connectivity index (χ0v) is 12.6. The highest BCUT2D eigenvalue weighted by atomic mass is 16.5. The van der Waals surface area contributed by atoms with Crippen molar-refractivity contribution < 1.29 is 14.3 Å². The highest BCUT2D eigenvalue weighted by Crippen LogP contribution is 2.21. The Morgan fingerprint density at radius 3 is 2.09 bits per heavy atom. The van der Waals surface area contributed by atoms with Gasteiger partial charge in [0.15, 0.2) is 5.78 Å². The first kappa shape index (κ1) is 14.8. The lowest BCUT2D eigenvalue weighted by atomic mass is 9.99. The van der Waals surface area contributed by atoms with Gasteiger partial charge < -0.3 is 9.72 Å². The number of aromatic nitrogens is 1. The van der Waals surface area contributed by atoms with Gasteiger partial charge in [0.2, 0.25) is 0 Å². The highest BCUT2D eigenvalue weighted by molar-refractivity contribution is 6.14. The molecule has 4 heteroatoms. The van der Waals surface area contributed by atoms with Crippen LogP contribution in [0.3, 0.4) is 0 Å². The molecule has 4 nitrogen and oxygen atoms in total. The third kappa shape index (κ3) is 2.92. The average Bonchev–Trinajstić information content (AvgIpc) is 3.11. The zero-order valence-electron chi connectivity index (χ0n) is 12.6. The minimum atomic E-state index is -0.532. The molecular formula is C19H15NO3. The molecule has 1 aromatic heterocycles. The van der Waals surface area contributed by atoms with Crippen molar-refractivity contribution in [3.05, 3.63) is 83.7 Å². The monoisotopic (exact) mass is 305 g/mol. The van der Waals surface area contributed by atoms with E-state index in [1.165, 1.54) is 19.5 Å². The molecule has 1 N–H and O–H groups in total. The van der Waals surface area contributed by atoms with E-state index in [2.05, 4.69) is 9.72 Å². The number of esters is 1. The van der Waals surface area contributed by atoms with Crippen LogP contribution in [0.5, 0.6) is 0 Å². The third-order valence-corrected chi connectivity index (χ3v) is 3.65. The van der Waals surface area contributed by atoms with Crippen molar-refractivity contribution in [3.8, 4) is 11.1 Å². The number of ether oxygens (including phenoxy) is 1. The van der Waals surface area contributed by atoms with Crippen molar-refractivity contribution >= 4 is 11.8 Å². The molecule has 0 unspecified atom stereocenters. The van der Waals surface area contributed by atoms with Crippen LogP contribution < -0.4 is 0 Å². The summed E-state index contributed by atoms with van der Waals surface area (Å²) in [5.74, 6) is -0.748. The van der Waals surface area contributed by atoms with Crippen LogP contribution in [0.4, 0.5) is 0 Å². The minimum absolute atomic E-state index is 0.216. The van der Waals surface area contributed by atoms with Crippen molar-refractivity contribution in [1.29, 1.82) is 0 Å². The van der Waals surface area contributed by atoms with Gasteiger partial charge in [-0.1, -0.05) is 54.6 Å². The molecule has 0 fully saturated rings. The zero-order chi connectivity index (χ0) is 16.2. The van der Waals surface area contributed by atoms with E-state index in [1.807, 2.05) is 42.5 Å². The quantitative estimate of drug-likeness (QED) is 0.590. The average molecular weight is 305 g/mol. The molecule has 3 rings (SSSR count). The van der Waals surface area contributed by atoms with Gasteiger partial charge >= 0.3 is 5.97 Å². The van der Waals surface area contributed by atoms with Crippen LogP contribution >= 0.6 is 0 Å². The number of aromatic amines is 1. The van der Waals surface area contributed by atoms with Gasteiger partial charge in [-0.2, -0.15) is 0 Å². The topological polar surface area (TPSA) is 59.2 Å². The molecule has 0 spiro atoms. The van der Waals surface area contributed by atoms with Crippen LogP contribution in [0.1, 0.15) is 26.3 Å².